The zero-order valence-electron chi connectivity index (χ0n) is 37.6. The summed E-state index contributed by atoms with van der Waals surface area (Å²) in [4.78, 5) is 114. The number of aliphatic imine (C=N–C) groups is 1. The average molecular weight is 922 g/mol. The van der Waals surface area contributed by atoms with Gasteiger partial charge in [-0.3, -0.25) is 43.3 Å². The first-order chi connectivity index (χ1) is 31.1. The van der Waals surface area contributed by atoms with Crippen molar-refractivity contribution in [3.63, 3.8) is 0 Å². The SMILES string of the molecule is CSCC[C@H](NC(=O)[C@H](CC(C)C)NC(=O)CN1CCCNC(=O)CCCC(=O)NC(CCCN=C(N)N)C(=O)NC(Cc2ccccc2)C(=O)N[C@@H](Cc2ccccc2)C1=O)C(N)=O. The third-order valence-corrected chi connectivity index (χ3v) is 11.1. The van der Waals surface area contributed by atoms with Gasteiger partial charge in [0.05, 0.1) is 6.54 Å². The van der Waals surface area contributed by atoms with E-state index >= 15 is 0 Å². The van der Waals surface area contributed by atoms with E-state index in [4.69, 9.17) is 17.2 Å². The fourth-order valence-electron chi connectivity index (χ4n) is 7.09. The largest absolute Gasteiger partial charge is 0.370 e. The molecule has 1 saturated heterocycles. The van der Waals surface area contributed by atoms with E-state index in [0.717, 1.165) is 0 Å². The number of primary amides is 1. The number of benzene rings is 2. The van der Waals surface area contributed by atoms with Crippen LogP contribution in [0.1, 0.15) is 76.3 Å². The molecule has 3 rings (SSSR count). The minimum absolute atomic E-state index is 0.00131. The number of thioether (sulfide) groups is 1. The van der Waals surface area contributed by atoms with E-state index in [1.807, 2.05) is 20.1 Å². The highest BCUT2D eigenvalue weighted by molar-refractivity contribution is 7.98. The van der Waals surface area contributed by atoms with Crippen LogP contribution in [0, 0.1) is 5.92 Å². The van der Waals surface area contributed by atoms with Crippen molar-refractivity contribution in [2.24, 2.45) is 28.1 Å². The van der Waals surface area contributed by atoms with Gasteiger partial charge in [-0.25, -0.2) is 0 Å². The molecule has 0 saturated carbocycles. The van der Waals surface area contributed by atoms with Crippen molar-refractivity contribution in [2.75, 3.05) is 38.2 Å². The third-order valence-electron chi connectivity index (χ3n) is 10.4. The lowest BCUT2D eigenvalue weighted by molar-refractivity contribution is -0.140. The predicted molar refractivity (Wildman–Crippen MR) is 250 cm³/mol. The van der Waals surface area contributed by atoms with Crippen molar-refractivity contribution in [3.05, 3.63) is 71.8 Å². The zero-order chi connectivity index (χ0) is 47.7. The second kappa shape index (κ2) is 28.6. The van der Waals surface area contributed by atoms with Gasteiger partial charge in [0.15, 0.2) is 5.96 Å². The van der Waals surface area contributed by atoms with Crippen LogP contribution in [0.15, 0.2) is 65.7 Å². The van der Waals surface area contributed by atoms with Crippen LogP contribution < -0.4 is 49.1 Å². The van der Waals surface area contributed by atoms with E-state index in [1.54, 1.807) is 60.7 Å². The highest BCUT2D eigenvalue weighted by Gasteiger charge is 2.34. The second-order valence-corrected chi connectivity index (χ2v) is 17.4. The molecule has 2 aromatic carbocycles. The van der Waals surface area contributed by atoms with E-state index in [-0.39, 0.29) is 88.8 Å². The molecule has 2 aromatic rings. The molecule has 0 bridgehead atoms. The number of hydrogen-bond acceptors (Lipinski definition) is 10. The number of nitrogens with zero attached hydrogens (tertiary/aromatic N) is 2. The molecule has 12 N–H and O–H groups in total. The molecule has 0 radical (unpaired) electrons. The second-order valence-electron chi connectivity index (χ2n) is 16.4. The molecule has 0 aliphatic carbocycles. The Balaban J connectivity index is 2.03. The van der Waals surface area contributed by atoms with Crippen LogP contribution in [-0.4, -0.2) is 127 Å². The van der Waals surface area contributed by atoms with E-state index in [2.05, 4.69) is 36.9 Å². The summed E-state index contributed by atoms with van der Waals surface area (Å²) in [7, 11) is 0. The van der Waals surface area contributed by atoms with Crippen LogP contribution in [-0.2, 0) is 51.2 Å². The molecule has 1 aliphatic rings. The highest BCUT2D eigenvalue weighted by Crippen LogP contribution is 2.13. The highest BCUT2D eigenvalue weighted by atomic mass is 32.2. The van der Waals surface area contributed by atoms with Crippen LogP contribution in [0.3, 0.4) is 0 Å². The van der Waals surface area contributed by atoms with Crippen LogP contribution in [0.2, 0.25) is 0 Å². The van der Waals surface area contributed by atoms with Gasteiger partial charge < -0.3 is 54.0 Å². The fraction of sp³-hybridized carbons (Fsp3) is 0.533. The summed E-state index contributed by atoms with van der Waals surface area (Å²) in [5.41, 5.74) is 17.9. The molecule has 20 heteroatoms. The fourth-order valence-corrected chi connectivity index (χ4v) is 7.56. The summed E-state index contributed by atoms with van der Waals surface area (Å²) in [5.74, 6) is -4.42. The molecule has 65 heavy (non-hydrogen) atoms. The number of nitrogens with one attached hydrogen (secondary N) is 6. The average Bonchev–Trinajstić information content (AvgIpc) is 3.26. The van der Waals surface area contributed by atoms with Crippen molar-refractivity contribution in [3.8, 4) is 0 Å². The first kappa shape index (κ1) is 53.2. The Labute approximate surface area is 385 Å². The van der Waals surface area contributed by atoms with Gasteiger partial charge in [0.25, 0.3) is 0 Å². The van der Waals surface area contributed by atoms with Crippen molar-refractivity contribution in [1.29, 1.82) is 0 Å². The molecule has 5 atom stereocenters. The number of nitrogens with two attached hydrogens (primary N) is 3. The number of amides is 8. The van der Waals surface area contributed by atoms with Crippen molar-refractivity contribution < 1.29 is 38.4 Å². The molecule has 1 heterocycles. The maximum Gasteiger partial charge on any atom is 0.245 e. The normalized spacial score (nSPS) is 19.2. The number of hydrogen-bond donors (Lipinski definition) is 9. The quantitative estimate of drug-likeness (QED) is 0.0503. The Bertz CT molecular complexity index is 1920. The van der Waals surface area contributed by atoms with Gasteiger partial charge >= 0.3 is 0 Å². The van der Waals surface area contributed by atoms with E-state index < -0.39 is 78.1 Å². The lowest BCUT2D eigenvalue weighted by Gasteiger charge is -2.30. The molecule has 1 aliphatic heterocycles. The van der Waals surface area contributed by atoms with Gasteiger partial charge in [-0.2, -0.15) is 11.8 Å². The molecular formula is C45H67N11O8S. The maximum atomic E-state index is 14.8. The van der Waals surface area contributed by atoms with Crippen LogP contribution in [0.25, 0.3) is 0 Å². The molecular weight excluding hydrogens is 855 g/mol. The topological polar surface area (TPSA) is 302 Å². The van der Waals surface area contributed by atoms with Crippen LogP contribution >= 0.6 is 11.8 Å². The molecule has 8 amide bonds. The Hall–Kier alpha value is -6.18. The summed E-state index contributed by atoms with van der Waals surface area (Å²) in [6.07, 6.45) is 3.13. The monoisotopic (exact) mass is 921 g/mol. The van der Waals surface area contributed by atoms with Gasteiger partial charge in [-0.15, -0.1) is 0 Å². The van der Waals surface area contributed by atoms with Gasteiger partial charge in [0.2, 0.25) is 47.3 Å². The predicted octanol–water partition coefficient (Wildman–Crippen LogP) is -0.247. The lowest BCUT2D eigenvalue weighted by Crippen LogP contribution is -2.59. The first-order valence-electron chi connectivity index (χ1n) is 22.0. The molecule has 2 unspecified atom stereocenters. The standard InChI is InChI=1S/C45H67N11O8S/c1-29(2)25-34(42(62)53-32(40(46)60)20-24-65-3)52-39(59)28-56-23-12-22-49-37(57)18-10-19-38(58)51-33(17-11-21-50-45(47)48)41(61)54-35(26-30-13-6-4-7-14-30)43(63)55-36(44(56)64)27-31-15-8-5-9-16-31/h4-9,13-16,29,32-36H,10-12,17-28H2,1-3H3,(H2,46,60)(H,49,57)(H,51,58)(H,52,59)(H,53,62)(H,54,61)(H,55,63)(H4,47,48,50)/t32-,33?,34-,35?,36-/m0/s1. The van der Waals surface area contributed by atoms with Crippen molar-refractivity contribution in [1.82, 2.24) is 36.8 Å². The lowest BCUT2D eigenvalue weighted by atomic mass is 10.0. The maximum absolute atomic E-state index is 14.8. The number of rotatable bonds is 19. The first-order valence-corrected chi connectivity index (χ1v) is 23.4. The molecule has 0 aromatic heterocycles. The summed E-state index contributed by atoms with van der Waals surface area (Å²) in [5, 5.41) is 16.6. The number of carbonyl (C=O) groups is 8. The van der Waals surface area contributed by atoms with E-state index in [1.165, 1.54) is 16.7 Å². The molecule has 19 nitrogen and oxygen atoms in total. The minimum atomic E-state index is -1.26. The summed E-state index contributed by atoms with van der Waals surface area (Å²) >= 11 is 1.49. The van der Waals surface area contributed by atoms with Gasteiger partial charge in [0, 0.05) is 45.3 Å². The van der Waals surface area contributed by atoms with Crippen molar-refractivity contribution >= 4 is 65.0 Å². The van der Waals surface area contributed by atoms with E-state index in [0.29, 0.717) is 29.7 Å². The Morgan fingerprint density at radius 2 is 1.38 bits per heavy atom. The van der Waals surface area contributed by atoms with Crippen LogP contribution in [0.5, 0.6) is 0 Å². The number of carbonyl (C=O) groups excluding carboxylic acids is 8. The van der Waals surface area contributed by atoms with E-state index in [9.17, 15) is 38.4 Å². The Kier molecular flexibility index (Phi) is 23.4. The van der Waals surface area contributed by atoms with Gasteiger partial charge in [-0.1, -0.05) is 74.5 Å². The summed E-state index contributed by atoms with van der Waals surface area (Å²) < 4.78 is 0. The van der Waals surface area contributed by atoms with Crippen molar-refractivity contribution in [2.45, 2.75) is 108 Å². The zero-order valence-corrected chi connectivity index (χ0v) is 38.5. The summed E-state index contributed by atoms with van der Waals surface area (Å²) in [6, 6.07) is 12.3. The number of guanidine groups is 1. The van der Waals surface area contributed by atoms with Gasteiger partial charge in [-0.05, 0) is 67.6 Å². The summed E-state index contributed by atoms with van der Waals surface area (Å²) in [6.45, 7) is 3.46. The molecule has 0 spiro atoms. The Morgan fingerprint density at radius 1 is 0.785 bits per heavy atom. The smallest absolute Gasteiger partial charge is 0.245 e. The molecule has 356 valence electrons. The Morgan fingerprint density at radius 3 is 1.98 bits per heavy atom. The third kappa shape index (κ3) is 20.5. The minimum Gasteiger partial charge on any atom is -0.370 e. The molecule has 1 fully saturated rings. The van der Waals surface area contributed by atoms with Gasteiger partial charge in [0.1, 0.15) is 30.2 Å². The van der Waals surface area contributed by atoms with Crippen LogP contribution in [0.4, 0.5) is 0 Å².